The summed E-state index contributed by atoms with van der Waals surface area (Å²) in [6.07, 6.45) is -0.494. The number of hydrogen-bond donors (Lipinski definition) is 1. The van der Waals surface area contributed by atoms with Crippen LogP contribution in [0.3, 0.4) is 0 Å². The van der Waals surface area contributed by atoms with Gasteiger partial charge >= 0.3 is 0 Å². The highest BCUT2D eigenvalue weighted by Crippen LogP contribution is 2.38. The van der Waals surface area contributed by atoms with Gasteiger partial charge in [-0.1, -0.05) is 13.8 Å². The van der Waals surface area contributed by atoms with E-state index in [0.29, 0.717) is 21.5 Å². The molecule has 5 heteroatoms. The molecule has 1 N–H and O–H groups in total. The lowest BCUT2D eigenvalue weighted by Gasteiger charge is -2.29. The molecular formula is C12H11BrN2O2. The van der Waals surface area contributed by atoms with E-state index in [4.69, 9.17) is 10.00 Å². The molecular weight excluding hydrogens is 284 g/mol. The van der Waals surface area contributed by atoms with E-state index < -0.39 is 6.10 Å². The Hall–Kier alpha value is -1.54. The lowest BCUT2D eigenvalue weighted by atomic mass is 10.0. The SMILES string of the molecule is CC(C)C1Oc2c(Br)cc(C#N)cc2NC1=O. The first-order chi connectivity index (χ1) is 8.02. The average Bonchev–Trinajstić information content (AvgIpc) is 2.27. The van der Waals surface area contributed by atoms with Gasteiger partial charge in [0, 0.05) is 0 Å². The van der Waals surface area contributed by atoms with Gasteiger partial charge in [-0.3, -0.25) is 4.79 Å². The zero-order chi connectivity index (χ0) is 12.6. The van der Waals surface area contributed by atoms with Gasteiger partial charge in [-0.15, -0.1) is 0 Å². The quantitative estimate of drug-likeness (QED) is 0.866. The Balaban J connectivity index is 2.46. The van der Waals surface area contributed by atoms with Gasteiger partial charge < -0.3 is 10.1 Å². The van der Waals surface area contributed by atoms with Gasteiger partial charge in [0.25, 0.3) is 5.91 Å². The normalized spacial score (nSPS) is 18.1. The van der Waals surface area contributed by atoms with Gasteiger partial charge in [-0.05, 0) is 34.0 Å². The van der Waals surface area contributed by atoms with Crippen LogP contribution in [0.5, 0.6) is 5.75 Å². The number of nitrogens with zero attached hydrogens (tertiary/aromatic N) is 1. The first kappa shape index (κ1) is 11.9. The summed E-state index contributed by atoms with van der Waals surface area (Å²) in [5.74, 6) is 0.502. The summed E-state index contributed by atoms with van der Waals surface area (Å²) in [4.78, 5) is 11.8. The fourth-order valence-electron chi connectivity index (χ4n) is 1.69. The third kappa shape index (κ3) is 2.13. The van der Waals surface area contributed by atoms with Crippen LogP contribution >= 0.6 is 15.9 Å². The summed E-state index contributed by atoms with van der Waals surface area (Å²) in [7, 11) is 0. The molecule has 0 bridgehead atoms. The topological polar surface area (TPSA) is 62.1 Å². The number of hydrogen-bond acceptors (Lipinski definition) is 3. The van der Waals surface area contributed by atoms with Crippen LogP contribution in [-0.4, -0.2) is 12.0 Å². The molecule has 4 nitrogen and oxygen atoms in total. The first-order valence-electron chi connectivity index (χ1n) is 5.24. The molecule has 1 heterocycles. The van der Waals surface area contributed by atoms with Crippen molar-refractivity contribution in [1.29, 1.82) is 5.26 Å². The molecule has 0 saturated carbocycles. The molecule has 1 atom stereocenters. The van der Waals surface area contributed by atoms with Crippen LogP contribution in [0.4, 0.5) is 5.69 Å². The first-order valence-corrected chi connectivity index (χ1v) is 6.03. The number of fused-ring (bicyclic) bond motifs is 1. The summed E-state index contributed by atoms with van der Waals surface area (Å²) in [5, 5.41) is 11.6. The molecule has 1 aliphatic rings. The van der Waals surface area contributed by atoms with E-state index in [-0.39, 0.29) is 11.8 Å². The number of benzene rings is 1. The Labute approximate surface area is 108 Å². The van der Waals surface area contributed by atoms with E-state index in [1.165, 1.54) is 0 Å². The van der Waals surface area contributed by atoms with Crippen LogP contribution < -0.4 is 10.1 Å². The smallest absolute Gasteiger partial charge is 0.265 e. The number of ether oxygens (including phenoxy) is 1. The average molecular weight is 295 g/mol. The number of halogens is 1. The minimum absolute atomic E-state index is 0.0886. The van der Waals surface area contributed by atoms with Crippen molar-refractivity contribution in [2.45, 2.75) is 20.0 Å². The van der Waals surface area contributed by atoms with Crippen molar-refractivity contribution in [3.8, 4) is 11.8 Å². The largest absolute Gasteiger partial charge is 0.477 e. The van der Waals surface area contributed by atoms with Crippen molar-refractivity contribution >= 4 is 27.5 Å². The van der Waals surface area contributed by atoms with Crippen molar-refractivity contribution in [2.24, 2.45) is 5.92 Å². The molecule has 1 aromatic carbocycles. The van der Waals surface area contributed by atoms with E-state index in [9.17, 15) is 4.79 Å². The fraction of sp³-hybridized carbons (Fsp3) is 0.333. The van der Waals surface area contributed by atoms with Crippen molar-refractivity contribution in [1.82, 2.24) is 0 Å². The molecule has 17 heavy (non-hydrogen) atoms. The Morgan fingerprint density at radius 1 is 1.53 bits per heavy atom. The van der Waals surface area contributed by atoms with Crippen LogP contribution in [0, 0.1) is 17.2 Å². The minimum atomic E-state index is -0.494. The zero-order valence-corrected chi connectivity index (χ0v) is 11.0. The molecule has 0 aromatic heterocycles. The second-order valence-corrected chi connectivity index (χ2v) is 5.07. The van der Waals surface area contributed by atoms with Gasteiger partial charge in [-0.2, -0.15) is 5.26 Å². The van der Waals surface area contributed by atoms with E-state index >= 15 is 0 Å². The Bertz CT molecular complexity index is 520. The Morgan fingerprint density at radius 3 is 2.82 bits per heavy atom. The highest BCUT2D eigenvalue weighted by molar-refractivity contribution is 9.10. The summed E-state index contributed by atoms with van der Waals surface area (Å²) in [6.45, 7) is 3.85. The van der Waals surface area contributed by atoms with Crippen LogP contribution in [0.2, 0.25) is 0 Å². The van der Waals surface area contributed by atoms with Crippen molar-refractivity contribution < 1.29 is 9.53 Å². The zero-order valence-electron chi connectivity index (χ0n) is 9.45. The maximum Gasteiger partial charge on any atom is 0.265 e. The molecule has 1 aromatic rings. The number of anilines is 1. The lowest BCUT2D eigenvalue weighted by Crippen LogP contribution is -2.40. The fourth-order valence-corrected chi connectivity index (χ4v) is 2.25. The highest BCUT2D eigenvalue weighted by Gasteiger charge is 2.31. The Kier molecular flexibility index (Phi) is 3.07. The van der Waals surface area contributed by atoms with Gasteiger partial charge in [0.1, 0.15) is 0 Å². The monoisotopic (exact) mass is 294 g/mol. The standard InChI is InChI=1S/C12H11BrN2O2/c1-6(2)10-12(16)15-9-4-7(5-14)3-8(13)11(9)17-10/h3-4,6,10H,1-2H3,(H,15,16). The molecule has 2 rings (SSSR count). The maximum absolute atomic E-state index is 11.8. The molecule has 0 spiro atoms. The number of nitriles is 1. The van der Waals surface area contributed by atoms with E-state index in [0.717, 1.165) is 0 Å². The molecule has 0 radical (unpaired) electrons. The van der Waals surface area contributed by atoms with Crippen LogP contribution in [0.25, 0.3) is 0 Å². The van der Waals surface area contributed by atoms with E-state index in [1.807, 2.05) is 19.9 Å². The van der Waals surface area contributed by atoms with E-state index in [2.05, 4.69) is 21.2 Å². The lowest BCUT2D eigenvalue weighted by molar-refractivity contribution is -0.125. The number of carbonyl (C=O) groups is 1. The second-order valence-electron chi connectivity index (χ2n) is 4.22. The number of carbonyl (C=O) groups excluding carboxylic acids is 1. The van der Waals surface area contributed by atoms with Crippen molar-refractivity contribution in [3.05, 3.63) is 22.2 Å². The second kappa shape index (κ2) is 4.38. The Morgan fingerprint density at radius 2 is 2.24 bits per heavy atom. The van der Waals surface area contributed by atoms with Gasteiger partial charge in [0.05, 0.1) is 21.8 Å². The van der Waals surface area contributed by atoms with Gasteiger partial charge in [-0.25, -0.2) is 0 Å². The molecule has 1 amide bonds. The number of nitrogens with one attached hydrogen (secondary N) is 1. The third-order valence-electron chi connectivity index (χ3n) is 2.54. The van der Waals surface area contributed by atoms with Crippen molar-refractivity contribution in [3.63, 3.8) is 0 Å². The van der Waals surface area contributed by atoms with Crippen LogP contribution in [0.1, 0.15) is 19.4 Å². The van der Waals surface area contributed by atoms with Crippen LogP contribution in [-0.2, 0) is 4.79 Å². The predicted octanol–water partition coefficient (Wildman–Crippen LogP) is 2.68. The number of amides is 1. The summed E-state index contributed by atoms with van der Waals surface area (Å²) < 4.78 is 6.35. The number of rotatable bonds is 1. The van der Waals surface area contributed by atoms with E-state index in [1.54, 1.807) is 12.1 Å². The molecule has 0 saturated heterocycles. The van der Waals surface area contributed by atoms with Crippen molar-refractivity contribution in [2.75, 3.05) is 5.32 Å². The van der Waals surface area contributed by atoms with Gasteiger partial charge in [0.15, 0.2) is 11.9 Å². The molecule has 0 fully saturated rings. The minimum Gasteiger partial charge on any atom is -0.477 e. The molecule has 1 unspecified atom stereocenters. The summed E-state index contributed by atoms with van der Waals surface area (Å²) >= 11 is 3.34. The summed E-state index contributed by atoms with van der Waals surface area (Å²) in [5.41, 5.74) is 1.01. The highest BCUT2D eigenvalue weighted by atomic mass is 79.9. The predicted molar refractivity (Wildman–Crippen MR) is 66.7 cm³/mol. The van der Waals surface area contributed by atoms with Crippen LogP contribution in [0.15, 0.2) is 16.6 Å². The molecule has 0 aliphatic carbocycles. The maximum atomic E-state index is 11.8. The molecule has 88 valence electrons. The van der Waals surface area contributed by atoms with Gasteiger partial charge in [0.2, 0.25) is 0 Å². The summed E-state index contributed by atoms with van der Waals surface area (Å²) in [6, 6.07) is 5.31. The third-order valence-corrected chi connectivity index (χ3v) is 3.13. The molecule has 1 aliphatic heterocycles.